The SMILES string of the molecule is Cc1cc(N(C)CCN(C)C)c([N+](=O)[O-])cc1Nc1ncc(C#N)c(-c2c3n(c4ccccc24)CCOC3)n1. The second-order valence-electron chi connectivity index (χ2n) is 9.87. The lowest BCUT2D eigenvalue weighted by atomic mass is 10.0. The normalized spacial score (nSPS) is 12.8. The highest BCUT2D eigenvalue weighted by Crippen LogP contribution is 2.38. The molecule has 1 aliphatic rings. The molecule has 200 valence electrons. The maximum Gasteiger partial charge on any atom is 0.294 e. The Kier molecular flexibility index (Phi) is 7.15. The lowest BCUT2D eigenvalue weighted by Gasteiger charge is -2.22. The van der Waals surface area contributed by atoms with Crippen LogP contribution < -0.4 is 10.2 Å². The quantitative estimate of drug-likeness (QED) is 0.262. The van der Waals surface area contributed by atoms with Gasteiger partial charge in [0, 0.05) is 49.2 Å². The van der Waals surface area contributed by atoms with Crippen molar-refractivity contribution in [2.75, 3.05) is 51.1 Å². The molecule has 1 aliphatic heterocycles. The Hall–Kier alpha value is -4.53. The number of fused-ring (bicyclic) bond motifs is 3. The lowest BCUT2D eigenvalue weighted by Crippen LogP contribution is -2.29. The van der Waals surface area contributed by atoms with Crippen LogP contribution in [0.4, 0.5) is 23.0 Å². The Morgan fingerprint density at radius 3 is 2.77 bits per heavy atom. The second kappa shape index (κ2) is 10.7. The number of aromatic nitrogens is 3. The van der Waals surface area contributed by atoms with E-state index in [0.717, 1.165) is 34.3 Å². The predicted molar refractivity (Wildman–Crippen MR) is 150 cm³/mol. The molecule has 0 atom stereocenters. The number of rotatable bonds is 8. The van der Waals surface area contributed by atoms with Crippen molar-refractivity contribution < 1.29 is 9.66 Å². The van der Waals surface area contributed by atoms with Gasteiger partial charge in [-0.2, -0.15) is 5.26 Å². The molecule has 3 heterocycles. The fraction of sp³-hybridized carbons (Fsp3) is 0.321. The number of nitro groups is 1. The zero-order valence-corrected chi connectivity index (χ0v) is 22.4. The Bertz CT molecular complexity index is 1600. The van der Waals surface area contributed by atoms with E-state index in [2.05, 4.69) is 27.0 Å². The van der Waals surface area contributed by atoms with Gasteiger partial charge in [0.2, 0.25) is 5.95 Å². The number of para-hydroxylation sites is 1. The third-order valence-electron chi connectivity index (χ3n) is 6.98. The zero-order chi connectivity index (χ0) is 27.7. The van der Waals surface area contributed by atoms with Crippen molar-refractivity contribution in [1.29, 1.82) is 5.26 Å². The van der Waals surface area contributed by atoms with Crippen molar-refractivity contribution in [2.24, 2.45) is 0 Å². The molecule has 0 amide bonds. The monoisotopic (exact) mass is 526 g/mol. The first-order valence-corrected chi connectivity index (χ1v) is 12.7. The standard InChI is InChI=1S/C28H30N8O3/c1-18-13-23(34(4)10-9-33(2)3)24(36(37)38)14-21(18)31-28-30-16-19(15-29)27(32-28)26-20-7-5-6-8-22(20)35-11-12-39-17-25(26)35/h5-8,13-14,16H,9-12,17H2,1-4H3,(H,30,31,32). The van der Waals surface area contributed by atoms with Crippen LogP contribution in [0.25, 0.3) is 22.2 Å². The molecule has 1 N–H and O–H groups in total. The maximum atomic E-state index is 12.0. The van der Waals surface area contributed by atoms with Gasteiger partial charge >= 0.3 is 0 Å². The van der Waals surface area contributed by atoms with Gasteiger partial charge in [-0.1, -0.05) is 18.2 Å². The van der Waals surface area contributed by atoms with Gasteiger partial charge in [0.1, 0.15) is 11.8 Å². The molecular weight excluding hydrogens is 496 g/mol. The fourth-order valence-electron chi connectivity index (χ4n) is 4.92. The summed E-state index contributed by atoms with van der Waals surface area (Å²) in [5.41, 5.74) is 5.55. The highest BCUT2D eigenvalue weighted by atomic mass is 16.6. The summed E-state index contributed by atoms with van der Waals surface area (Å²) in [6.07, 6.45) is 1.49. The minimum absolute atomic E-state index is 0.0112. The summed E-state index contributed by atoms with van der Waals surface area (Å²) in [5, 5.41) is 26.0. The van der Waals surface area contributed by atoms with E-state index in [-0.39, 0.29) is 16.6 Å². The van der Waals surface area contributed by atoms with Gasteiger partial charge < -0.3 is 24.4 Å². The topological polar surface area (TPSA) is 125 Å². The number of hydrogen-bond acceptors (Lipinski definition) is 9. The molecule has 4 aromatic rings. The van der Waals surface area contributed by atoms with Crippen LogP contribution in [0.15, 0.2) is 42.6 Å². The fourth-order valence-corrected chi connectivity index (χ4v) is 4.92. The lowest BCUT2D eigenvalue weighted by molar-refractivity contribution is -0.384. The van der Waals surface area contributed by atoms with Crippen LogP contribution in [0, 0.1) is 28.4 Å². The Morgan fingerprint density at radius 1 is 1.23 bits per heavy atom. The number of nitrogens with one attached hydrogen (secondary N) is 1. The molecule has 0 fully saturated rings. The van der Waals surface area contributed by atoms with Gasteiger partial charge in [-0.15, -0.1) is 0 Å². The van der Waals surface area contributed by atoms with Gasteiger partial charge in [0.25, 0.3) is 5.69 Å². The molecule has 0 aliphatic carbocycles. The van der Waals surface area contributed by atoms with E-state index in [1.165, 1.54) is 12.3 Å². The molecule has 0 radical (unpaired) electrons. The Balaban J connectivity index is 1.56. The van der Waals surface area contributed by atoms with Crippen LogP contribution in [-0.2, 0) is 17.9 Å². The number of anilines is 3. The number of nitrogens with zero attached hydrogens (tertiary/aromatic N) is 7. The van der Waals surface area contributed by atoms with Gasteiger partial charge in [-0.3, -0.25) is 10.1 Å². The molecule has 0 saturated heterocycles. The van der Waals surface area contributed by atoms with Gasteiger partial charge in [-0.25, -0.2) is 9.97 Å². The smallest absolute Gasteiger partial charge is 0.294 e. The van der Waals surface area contributed by atoms with E-state index in [9.17, 15) is 15.4 Å². The van der Waals surface area contributed by atoms with Crippen LogP contribution in [0.1, 0.15) is 16.8 Å². The van der Waals surface area contributed by atoms with E-state index < -0.39 is 0 Å². The van der Waals surface area contributed by atoms with Crippen LogP contribution in [-0.4, -0.2) is 65.2 Å². The first-order valence-electron chi connectivity index (χ1n) is 12.7. The Labute approximate surface area is 226 Å². The molecular formula is C28H30N8O3. The molecule has 2 aromatic heterocycles. The van der Waals surface area contributed by atoms with Crippen molar-refractivity contribution in [3.63, 3.8) is 0 Å². The van der Waals surface area contributed by atoms with E-state index in [1.807, 2.05) is 56.1 Å². The summed E-state index contributed by atoms with van der Waals surface area (Å²) in [6.45, 7) is 5.03. The molecule has 0 spiro atoms. The molecule has 5 rings (SSSR count). The molecule has 11 nitrogen and oxygen atoms in total. The summed E-state index contributed by atoms with van der Waals surface area (Å²) in [5.74, 6) is 0.246. The Morgan fingerprint density at radius 2 is 2.03 bits per heavy atom. The molecule has 39 heavy (non-hydrogen) atoms. The third-order valence-corrected chi connectivity index (χ3v) is 6.98. The average molecular weight is 527 g/mol. The van der Waals surface area contributed by atoms with Crippen LogP contribution >= 0.6 is 0 Å². The maximum absolute atomic E-state index is 12.0. The number of aryl methyl sites for hydroxylation is 1. The summed E-state index contributed by atoms with van der Waals surface area (Å²) < 4.78 is 7.98. The summed E-state index contributed by atoms with van der Waals surface area (Å²) in [6, 6.07) is 13.6. The molecule has 0 saturated carbocycles. The van der Waals surface area contributed by atoms with Crippen molar-refractivity contribution in [2.45, 2.75) is 20.1 Å². The first kappa shape index (κ1) is 26.1. The first-order chi connectivity index (χ1) is 18.8. The van der Waals surface area contributed by atoms with Crippen molar-refractivity contribution in [3.8, 4) is 17.3 Å². The van der Waals surface area contributed by atoms with Crippen molar-refractivity contribution in [3.05, 3.63) is 69.5 Å². The molecule has 0 unspecified atom stereocenters. The number of benzene rings is 2. The number of nitriles is 1. The average Bonchev–Trinajstić information content (AvgIpc) is 3.26. The summed E-state index contributed by atoms with van der Waals surface area (Å²) >= 11 is 0. The van der Waals surface area contributed by atoms with Gasteiger partial charge in [0.15, 0.2) is 0 Å². The van der Waals surface area contributed by atoms with Crippen molar-refractivity contribution in [1.82, 2.24) is 19.4 Å². The number of hydrogen-bond donors (Lipinski definition) is 1. The second-order valence-corrected chi connectivity index (χ2v) is 9.87. The van der Waals surface area contributed by atoms with Gasteiger partial charge in [-0.05, 0) is 38.7 Å². The highest BCUT2D eigenvalue weighted by molar-refractivity contribution is 5.98. The third kappa shape index (κ3) is 4.99. The number of likely N-dealkylation sites (N-methyl/N-ethyl adjacent to an activating group) is 2. The van der Waals surface area contributed by atoms with Crippen LogP contribution in [0.5, 0.6) is 0 Å². The predicted octanol–water partition coefficient (Wildman–Crippen LogP) is 4.46. The highest BCUT2D eigenvalue weighted by Gasteiger charge is 2.25. The van der Waals surface area contributed by atoms with Crippen LogP contribution in [0.2, 0.25) is 0 Å². The number of nitro benzene ring substituents is 1. The molecule has 11 heteroatoms. The van der Waals surface area contributed by atoms with Gasteiger partial charge in [0.05, 0.1) is 47.0 Å². The van der Waals surface area contributed by atoms with E-state index >= 15 is 0 Å². The minimum atomic E-state index is -0.378. The largest absolute Gasteiger partial charge is 0.373 e. The van der Waals surface area contributed by atoms with E-state index in [1.54, 1.807) is 6.07 Å². The molecule has 2 aromatic carbocycles. The van der Waals surface area contributed by atoms with Crippen molar-refractivity contribution >= 4 is 33.9 Å². The summed E-state index contributed by atoms with van der Waals surface area (Å²) in [4.78, 5) is 24.7. The van der Waals surface area contributed by atoms with E-state index in [0.29, 0.717) is 48.9 Å². The zero-order valence-electron chi connectivity index (χ0n) is 22.4. The van der Waals surface area contributed by atoms with Crippen LogP contribution in [0.3, 0.4) is 0 Å². The molecule has 0 bridgehead atoms. The minimum Gasteiger partial charge on any atom is -0.373 e. The summed E-state index contributed by atoms with van der Waals surface area (Å²) in [7, 11) is 5.78. The van der Waals surface area contributed by atoms with E-state index in [4.69, 9.17) is 9.72 Å². The number of ether oxygens (including phenoxy) is 1.